The molecule has 2 aliphatic heterocycles. The molecule has 15 heavy (non-hydrogen) atoms. The minimum atomic E-state index is -0.439. The van der Waals surface area contributed by atoms with E-state index in [1.165, 1.54) is 0 Å². The number of ether oxygens (including phenoxy) is 2. The largest absolute Gasteiger partial charge is 0.444 e. The fourth-order valence-corrected chi connectivity index (χ4v) is 1.79. The van der Waals surface area contributed by atoms with Crippen molar-refractivity contribution in [3.63, 3.8) is 0 Å². The lowest BCUT2D eigenvalue weighted by atomic mass is 9.98. The summed E-state index contributed by atoms with van der Waals surface area (Å²) in [6.07, 6.45) is 3.78. The van der Waals surface area contributed by atoms with Crippen LogP contribution in [0.2, 0.25) is 0 Å². The SMILES string of the molecule is CC(C)(C)OC(=O)N1CC=CC12COC2. The second-order valence-electron chi connectivity index (χ2n) is 5.09. The van der Waals surface area contributed by atoms with E-state index in [1.807, 2.05) is 32.9 Å². The van der Waals surface area contributed by atoms with Crippen LogP contribution >= 0.6 is 0 Å². The minimum absolute atomic E-state index is 0.220. The van der Waals surface area contributed by atoms with Gasteiger partial charge >= 0.3 is 6.09 Å². The smallest absolute Gasteiger partial charge is 0.411 e. The Hall–Kier alpha value is -1.03. The summed E-state index contributed by atoms with van der Waals surface area (Å²) in [5.74, 6) is 0. The first kappa shape index (κ1) is 10.5. The molecule has 84 valence electrons. The molecule has 1 spiro atoms. The molecule has 0 saturated carbocycles. The van der Waals surface area contributed by atoms with Crippen LogP contribution in [0.4, 0.5) is 4.79 Å². The molecule has 0 radical (unpaired) electrons. The maximum Gasteiger partial charge on any atom is 0.411 e. The molecule has 0 aromatic heterocycles. The third-order valence-corrected chi connectivity index (χ3v) is 2.57. The molecule has 4 nitrogen and oxygen atoms in total. The minimum Gasteiger partial charge on any atom is -0.444 e. The highest BCUT2D eigenvalue weighted by molar-refractivity contribution is 5.71. The van der Waals surface area contributed by atoms with E-state index in [0.29, 0.717) is 19.8 Å². The van der Waals surface area contributed by atoms with Gasteiger partial charge in [-0.25, -0.2) is 4.79 Å². The summed E-state index contributed by atoms with van der Waals surface area (Å²) in [4.78, 5) is 13.6. The molecule has 0 unspecified atom stereocenters. The Bertz CT molecular complexity index is 299. The van der Waals surface area contributed by atoms with Crippen molar-refractivity contribution in [1.82, 2.24) is 4.90 Å². The van der Waals surface area contributed by atoms with E-state index in [4.69, 9.17) is 9.47 Å². The molecule has 4 heteroatoms. The summed E-state index contributed by atoms with van der Waals surface area (Å²) in [7, 11) is 0. The van der Waals surface area contributed by atoms with Gasteiger partial charge in [-0.3, -0.25) is 4.90 Å². The molecule has 2 aliphatic rings. The first-order valence-corrected chi connectivity index (χ1v) is 5.19. The van der Waals surface area contributed by atoms with Crippen LogP contribution in [0.5, 0.6) is 0 Å². The van der Waals surface area contributed by atoms with Gasteiger partial charge in [0, 0.05) is 6.54 Å². The van der Waals surface area contributed by atoms with E-state index >= 15 is 0 Å². The van der Waals surface area contributed by atoms with Crippen LogP contribution in [0.1, 0.15) is 20.8 Å². The van der Waals surface area contributed by atoms with Crippen molar-refractivity contribution in [2.45, 2.75) is 31.9 Å². The van der Waals surface area contributed by atoms with Crippen LogP contribution in [0.15, 0.2) is 12.2 Å². The summed E-state index contributed by atoms with van der Waals surface area (Å²) in [6, 6.07) is 0. The zero-order chi connectivity index (χ0) is 11.1. The molecule has 0 bridgehead atoms. The van der Waals surface area contributed by atoms with E-state index in [1.54, 1.807) is 4.90 Å². The monoisotopic (exact) mass is 211 g/mol. The Kier molecular flexibility index (Phi) is 2.26. The van der Waals surface area contributed by atoms with Crippen molar-refractivity contribution in [1.29, 1.82) is 0 Å². The summed E-state index contributed by atoms with van der Waals surface area (Å²) >= 11 is 0. The van der Waals surface area contributed by atoms with Crippen molar-refractivity contribution < 1.29 is 14.3 Å². The van der Waals surface area contributed by atoms with E-state index in [-0.39, 0.29) is 11.6 Å². The Balaban J connectivity index is 2.02. The van der Waals surface area contributed by atoms with Gasteiger partial charge in [-0.1, -0.05) is 12.2 Å². The topological polar surface area (TPSA) is 38.8 Å². The highest BCUT2D eigenvalue weighted by Crippen LogP contribution is 2.32. The molecule has 2 rings (SSSR count). The number of nitrogens with zero attached hydrogens (tertiary/aromatic N) is 1. The molecule has 1 amide bonds. The fourth-order valence-electron chi connectivity index (χ4n) is 1.79. The van der Waals surface area contributed by atoms with Gasteiger partial charge < -0.3 is 9.47 Å². The Labute approximate surface area is 89.8 Å². The molecule has 1 saturated heterocycles. The molecular weight excluding hydrogens is 194 g/mol. The Morgan fingerprint density at radius 1 is 1.47 bits per heavy atom. The van der Waals surface area contributed by atoms with E-state index in [9.17, 15) is 4.79 Å². The van der Waals surface area contributed by atoms with Crippen LogP contribution in [0.25, 0.3) is 0 Å². The number of hydrogen-bond acceptors (Lipinski definition) is 3. The first-order valence-electron chi connectivity index (χ1n) is 5.19. The van der Waals surface area contributed by atoms with Crippen LogP contribution in [-0.2, 0) is 9.47 Å². The van der Waals surface area contributed by atoms with E-state index in [0.717, 1.165) is 0 Å². The second-order valence-corrected chi connectivity index (χ2v) is 5.09. The van der Waals surface area contributed by atoms with Crippen LogP contribution in [0.3, 0.4) is 0 Å². The summed E-state index contributed by atoms with van der Waals surface area (Å²) in [6.45, 7) is 7.42. The molecule has 0 aromatic rings. The fraction of sp³-hybridized carbons (Fsp3) is 0.727. The molecule has 0 N–H and O–H groups in total. The molecule has 0 aromatic carbocycles. The lowest BCUT2D eigenvalue weighted by Gasteiger charge is -2.44. The maximum absolute atomic E-state index is 11.9. The van der Waals surface area contributed by atoms with Gasteiger partial charge in [0.1, 0.15) is 11.1 Å². The molecule has 1 fully saturated rings. The quantitative estimate of drug-likeness (QED) is 0.571. The van der Waals surface area contributed by atoms with Crippen LogP contribution in [-0.4, -0.2) is 41.9 Å². The van der Waals surface area contributed by atoms with E-state index < -0.39 is 5.60 Å². The predicted octanol–water partition coefficient (Wildman–Crippen LogP) is 1.56. The molecule has 0 atom stereocenters. The zero-order valence-electron chi connectivity index (χ0n) is 9.45. The van der Waals surface area contributed by atoms with E-state index in [2.05, 4.69) is 0 Å². The van der Waals surface area contributed by atoms with Gasteiger partial charge in [-0.2, -0.15) is 0 Å². The number of hydrogen-bond donors (Lipinski definition) is 0. The molecule has 2 heterocycles. The number of amides is 1. The highest BCUT2D eigenvalue weighted by atomic mass is 16.6. The lowest BCUT2D eigenvalue weighted by molar-refractivity contribution is -0.102. The van der Waals surface area contributed by atoms with Crippen molar-refractivity contribution in [3.05, 3.63) is 12.2 Å². The average molecular weight is 211 g/mol. The van der Waals surface area contributed by atoms with Crippen molar-refractivity contribution >= 4 is 6.09 Å². The van der Waals surface area contributed by atoms with Crippen LogP contribution < -0.4 is 0 Å². The summed E-state index contributed by atoms with van der Waals surface area (Å²) < 4.78 is 10.5. The third kappa shape index (κ3) is 1.86. The predicted molar refractivity (Wildman–Crippen MR) is 55.6 cm³/mol. The number of carbonyl (C=O) groups is 1. The van der Waals surface area contributed by atoms with Gasteiger partial charge in [0.05, 0.1) is 13.2 Å². The van der Waals surface area contributed by atoms with Gasteiger partial charge in [-0.15, -0.1) is 0 Å². The molecular formula is C11H17NO3. The van der Waals surface area contributed by atoms with Crippen molar-refractivity contribution in [2.75, 3.05) is 19.8 Å². The number of carbonyl (C=O) groups excluding carboxylic acids is 1. The number of rotatable bonds is 0. The summed E-state index contributed by atoms with van der Waals surface area (Å²) in [5.41, 5.74) is -0.659. The summed E-state index contributed by atoms with van der Waals surface area (Å²) in [5, 5.41) is 0. The first-order chi connectivity index (χ1) is 6.93. The second kappa shape index (κ2) is 3.23. The third-order valence-electron chi connectivity index (χ3n) is 2.57. The molecule has 0 aliphatic carbocycles. The highest BCUT2D eigenvalue weighted by Gasteiger charge is 2.47. The van der Waals surface area contributed by atoms with Crippen molar-refractivity contribution in [2.24, 2.45) is 0 Å². The Morgan fingerprint density at radius 3 is 2.60 bits per heavy atom. The standard InChI is InChI=1S/C11H17NO3/c1-10(2,3)15-9(13)12-6-4-5-11(12)7-14-8-11/h4-5H,6-8H2,1-3H3. The van der Waals surface area contributed by atoms with Gasteiger partial charge in [0.2, 0.25) is 0 Å². The maximum atomic E-state index is 11.9. The lowest BCUT2D eigenvalue weighted by Crippen LogP contribution is -2.61. The Morgan fingerprint density at radius 2 is 2.13 bits per heavy atom. The van der Waals surface area contributed by atoms with Crippen molar-refractivity contribution in [3.8, 4) is 0 Å². The van der Waals surface area contributed by atoms with Gasteiger partial charge in [-0.05, 0) is 20.8 Å². The average Bonchev–Trinajstić information content (AvgIpc) is 2.42. The zero-order valence-corrected chi connectivity index (χ0v) is 9.45. The van der Waals surface area contributed by atoms with Crippen LogP contribution in [0, 0.1) is 0 Å². The van der Waals surface area contributed by atoms with Gasteiger partial charge in [0.15, 0.2) is 0 Å². The van der Waals surface area contributed by atoms with Gasteiger partial charge in [0.25, 0.3) is 0 Å². The normalized spacial score (nSPS) is 23.0.